The molecule has 0 fully saturated rings. The average Bonchev–Trinajstić information content (AvgIpc) is 2.45. The summed E-state index contributed by atoms with van der Waals surface area (Å²) >= 11 is 1.53. The highest BCUT2D eigenvalue weighted by Crippen LogP contribution is 2.34. The summed E-state index contributed by atoms with van der Waals surface area (Å²) < 4.78 is 41.7. The molecule has 0 unspecified atom stereocenters. The van der Waals surface area contributed by atoms with Gasteiger partial charge in [0.25, 0.3) is 0 Å². The van der Waals surface area contributed by atoms with E-state index in [1.807, 2.05) is 0 Å². The second-order valence-electron chi connectivity index (χ2n) is 2.87. The monoisotopic (exact) mass is 329 g/mol. The lowest BCUT2D eigenvalue weighted by atomic mass is 10.1. The number of nitrogens with one attached hydrogen (secondary N) is 1. The number of alkyl halides is 3. The molecule has 0 aliphatic carbocycles. The van der Waals surface area contributed by atoms with Gasteiger partial charge < -0.3 is 4.52 Å². The summed E-state index contributed by atoms with van der Waals surface area (Å²) in [7, 11) is 0. The molecule has 0 saturated carbocycles. The minimum Gasteiger partial charge on any atom is -0.338 e. The largest absolute Gasteiger partial charge is 0.417 e. The first-order valence-electron chi connectivity index (χ1n) is 3.77. The first-order valence-corrected chi connectivity index (χ1v) is 4.85. The summed E-state index contributed by atoms with van der Waals surface area (Å²) in [5.74, 6) is 0. The first-order chi connectivity index (χ1) is 6.89. The molecule has 2 rings (SSSR count). The fraction of sp³-hybridized carbons (Fsp3) is 0.125. The van der Waals surface area contributed by atoms with Gasteiger partial charge in [-0.05, 0) is 34.7 Å². The van der Waals surface area contributed by atoms with Gasteiger partial charge in [0.1, 0.15) is 0 Å². The Hall–Kier alpha value is -0.990. The fourth-order valence-electron chi connectivity index (χ4n) is 1.20. The molecule has 0 radical (unpaired) electrons. The lowest BCUT2D eigenvalue weighted by Gasteiger charge is -2.08. The fourth-order valence-corrected chi connectivity index (χ4v) is 1.97. The highest BCUT2D eigenvalue weighted by atomic mass is 127. The predicted molar refractivity (Wildman–Crippen MR) is 54.6 cm³/mol. The van der Waals surface area contributed by atoms with Gasteiger partial charge in [-0.15, -0.1) is 0 Å². The summed E-state index contributed by atoms with van der Waals surface area (Å²) in [6.07, 6.45) is -4.43. The third-order valence-electron chi connectivity index (χ3n) is 1.89. The van der Waals surface area contributed by atoms with Gasteiger partial charge in [-0.3, -0.25) is 0 Å². The highest BCUT2D eigenvalue weighted by molar-refractivity contribution is 14.1. The normalized spacial score (nSPS) is 12.3. The Balaban J connectivity index is 2.80. The zero-order chi connectivity index (χ0) is 11.2. The Kier molecular flexibility index (Phi) is 2.28. The molecular formula is C8H3F3INO2. The zero-order valence-electron chi connectivity index (χ0n) is 6.98. The van der Waals surface area contributed by atoms with E-state index in [0.29, 0.717) is 0 Å². The summed E-state index contributed by atoms with van der Waals surface area (Å²) in [6.45, 7) is 0. The van der Waals surface area contributed by atoms with E-state index in [-0.39, 0.29) is 14.5 Å². The number of aromatic nitrogens is 1. The van der Waals surface area contributed by atoms with Gasteiger partial charge in [0, 0.05) is 3.57 Å². The summed E-state index contributed by atoms with van der Waals surface area (Å²) in [4.78, 5) is 11.0. The standard InChI is InChI=1S/C8H3F3INO2/c9-8(10,11)4-2-6-3(1-5(4)12)7(14)15-13-6/h1-2,13H. The van der Waals surface area contributed by atoms with Crippen molar-refractivity contribution < 1.29 is 17.7 Å². The molecule has 15 heavy (non-hydrogen) atoms. The molecule has 1 N–H and O–H groups in total. The summed E-state index contributed by atoms with van der Waals surface area (Å²) in [6, 6.07) is 2.02. The lowest BCUT2D eigenvalue weighted by molar-refractivity contribution is -0.138. The number of hydrogen-bond donors (Lipinski definition) is 1. The third kappa shape index (κ3) is 1.75. The Morgan fingerprint density at radius 3 is 2.60 bits per heavy atom. The average molecular weight is 329 g/mol. The highest BCUT2D eigenvalue weighted by Gasteiger charge is 2.33. The van der Waals surface area contributed by atoms with Crippen molar-refractivity contribution in [1.82, 2.24) is 5.16 Å². The molecule has 80 valence electrons. The number of H-pyrrole nitrogens is 1. The van der Waals surface area contributed by atoms with E-state index in [9.17, 15) is 18.0 Å². The molecule has 0 amide bonds. The predicted octanol–water partition coefficient (Wildman–Crippen LogP) is 2.74. The summed E-state index contributed by atoms with van der Waals surface area (Å²) in [5.41, 5.74) is -1.41. The molecule has 7 heteroatoms. The van der Waals surface area contributed by atoms with E-state index >= 15 is 0 Å². The number of rotatable bonds is 0. The van der Waals surface area contributed by atoms with E-state index in [0.717, 1.165) is 12.1 Å². The molecule has 1 heterocycles. The van der Waals surface area contributed by atoms with Gasteiger partial charge in [-0.25, -0.2) is 9.95 Å². The number of fused-ring (bicyclic) bond motifs is 1. The van der Waals surface area contributed by atoms with Crippen LogP contribution >= 0.6 is 22.6 Å². The zero-order valence-corrected chi connectivity index (χ0v) is 9.14. The van der Waals surface area contributed by atoms with Crippen LogP contribution in [0.3, 0.4) is 0 Å². The SMILES string of the molecule is O=c1o[nH]c2cc(C(F)(F)F)c(I)cc12. The van der Waals surface area contributed by atoms with Crippen molar-refractivity contribution in [1.29, 1.82) is 0 Å². The van der Waals surface area contributed by atoms with E-state index in [4.69, 9.17) is 0 Å². The van der Waals surface area contributed by atoms with Gasteiger partial charge in [-0.2, -0.15) is 13.2 Å². The van der Waals surface area contributed by atoms with Crippen LogP contribution in [0.2, 0.25) is 0 Å². The number of halogens is 4. The second-order valence-corrected chi connectivity index (χ2v) is 4.03. The topological polar surface area (TPSA) is 46.0 Å². The van der Waals surface area contributed by atoms with Gasteiger partial charge in [0.05, 0.1) is 16.5 Å². The van der Waals surface area contributed by atoms with Crippen molar-refractivity contribution in [3.05, 3.63) is 31.7 Å². The van der Waals surface area contributed by atoms with Crippen LogP contribution in [0.5, 0.6) is 0 Å². The van der Waals surface area contributed by atoms with Gasteiger partial charge in [0.15, 0.2) is 0 Å². The lowest BCUT2D eigenvalue weighted by Crippen LogP contribution is -2.07. The maximum atomic E-state index is 12.5. The molecule has 0 atom stereocenters. The van der Waals surface area contributed by atoms with E-state index in [1.165, 1.54) is 22.6 Å². The Morgan fingerprint density at radius 2 is 2.00 bits per heavy atom. The van der Waals surface area contributed by atoms with Crippen LogP contribution in [0.4, 0.5) is 13.2 Å². The van der Waals surface area contributed by atoms with E-state index in [1.54, 1.807) is 0 Å². The van der Waals surface area contributed by atoms with Crippen molar-refractivity contribution in [2.45, 2.75) is 6.18 Å². The maximum absolute atomic E-state index is 12.5. The van der Waals surface area contributed by atoms with Crippen LogP contribution in [0, 0.1) is 3.57 Å². The molecule has 0 saturated heterocycles. The quantitative estimate of drug-likeness (QED) is 0.756. The summed E-state index contributed by atoms with van der Waals surface area (Å²) in [5, 5.41) is 2.25. The molecule has 3 nitrogen and oxygen atoms in total. The van der Waals surface area contributed by atoms with E-state index in [2.05, 4.69) is 9.68 Å². The smallest absolute Gasteiger partial charge is 0.338 e. The van der Waals surface area contributed by atoms with Gasteiger partial charge >= 0.3 is 11.8 Å². The number of hydrogen-bond acceptors (Lipinski definition) is 2. The van der Waals surface area contributed by atoms with Crippen LogP contribution in [0.15, 0.2) is 21.5 Å². The second kappa shape index (κ2) is 3.26. The van der Waals surface area contributed by atoms with Crippen molar-refractivity contribution >= 4 is 33.5 Å². The molecule has 0 aliphatic heterocycles. The minimum absolute atomic E-state index is 0.0282. The van der Waals surface area contributed by atoms with Crippen LogP contribution in [0.1, 0.15) is 5.56 Å². The molecule has 1 aromatic carbocycles. The van der Waals surface area contributed by atoms with Crippen LogP contribution in [0.25, 0.3) is 10.9 Å². The van der Waals surface area contributed by atoms with Gasteiger partial charge in [0.2, 0.25) is 0 Å². The molecule has 1 aromatic heterocycles. The Labute approximate surface area is 94.4 Å². The molecule has 0 spiro atoms. The molecule has 0 bridgehead atoms. The van der Waals surface area contributed by atoms with Crippen LogP contribution < -0.4 is 5.63 Å². The van der Waals surface area contributed by atoms with E-state index < -0.39 is 17.4 Å². The van der Waals surface area contributed by atoms with Crippen molar-refractivity contribution in [3.8, 4) is 0 Å². The molecule has 0 aliphatic rings. The number of benzene rings is 1. The Morgan fingerprint density at radius 1 is 1.33 bits per heavy atom. The minimum atomic E-state index is -4.43. The maximum Gasteiger partial charge on any atom is 0.417 e. The van der Waals surface area contributed by atoms with Crippen molar-refractivity contribution in [2.24, 2.45) is 0 Å². The Bertz CT molecular complexity index is 569. The van der Waals surface area contributed by atoms with Crippen LogP contribution in [-0.4, -0.2) is 5.16 Å². The first kappa shape index (κ1) is 10.5. The third-order valence-corrected chi connectivity index (χ3v) is 2.78. The van der Waals surface area contributed by atoms with Crippen molar-refractivity contribution in [2.75, 3.05) is 0 Å². The van der Waals surface area contributed by atoms with Gasteiger partial charge in [-0.1, -0.05) is 0 Å². The van der Waals surface area contributed by atoms with Crippen molar-refractivity contribution in [3.63, 3.8) is 0 Å². The number of aromatic amines is 1. The molecular weight excluding hydrogens is 326 g/mol. The van der Waals surface area contributed by atoms with Crippen LogP contribution in [-0.2, 0) is 6.18 Å². The molecule has 2 aromatic rings.